The van der Waals surface area contributed by atoms with E-state index in [9.17, 15) is 18.3 Å². The molecule has 1 aromatic carbocycles. The second-order valence-electron chi connectivity index (χ2n) is 4.82. The average Bonchev–Trinajstić information content (AvgIpc) is 2.65. The molecule has 0 saturated carbocycles. The molecule has 1 unspecified atom stereocenters. The number of halogens is 6. The first-order valence-corrected chi connectivity index (χ1v) is 7.08. The summed E-state index contributed by atoms with van der Waals surface area (Å²) in [4.78, 5) is 0. The van der Waals surface area contributed by atoms with E-state index in [1.165, 1.54) is 12.1 Å². The second kappa shape index (κ2) is 8.04. The molecule has 2 rings (SSSR count). The van der Waals surface area contributed by atoms with Crippen molar-refractivity contribution >= 4 is 35.6 Å². The third-order valence-electron chi connectivity index (χ3n) is 3.36. The van der Waals surface area contributed by atoms with Gasteiger partial charge in [-0.05, 0) is 17.7 Å². The third kappa shape index (κ3) is 4.63. The first-order valence-electron chi connectivity index (χ1n) is 6.32. The fourth-order valence-corrected chi connectivity index (χ4v) is 2.62. The maximum Gasteiger partial charge on any atom is 0.414 e. The van der Waals surface area contributed by atoms with Crippen molar-refractivity contribution in [2.75, 3.05) is 19.7 Å². The van der Waals surface area contributed by atoms with Gasteiger partial charge in [-0.25, -0.2) is 0 Å². The number of hydrogen-bond donors (Lipinski definition) is 2. The van der Waals surface area contributed by atoms with Crippen molar-refractivity contribution in [1.29, 1.82) is 0 Å². The first kappa shape index (κ1) is 19.8. The molecule has 0 bridgehead atoms. The standard InChI is InChI=1S/C13H14Cl2F3NO2.ClH/c14-9-2-1-7(5-10(9)15)11-8(6-19-3-4-21-11)12(20)13(16,17)18;/h1-2,5,8,11-12,19-20H,3-4,6H2;1H/t8-,11+,12?;/m1./s1. The van der Waals surface area contributed by atoms with Crippen LogP contribution in [0.2, 0.25) is 10.0 Å². The van der Waals surface area contributed by atoms with E-state index < -0.39 is 24.3 Å². The molecule has 126 valence electrons. The minimum Gasteiger partial charge on any atom is -0.383 e. The summed E-state index contributed by atoms with van der Waals surface area (Å²) in [7, 11) is 0. The smallest absolute Gasteiger partial charge is 0.383 e. The van der Waals surface area contributed by atoms with Crippen LogP contribution in [0.3, 0.4) is 0 Å². The van der Waals surface area contributed by atoms with E-state index in [1.54, 1.807) is 6.07 Å². The van der Waals surface area contributed by atoms with Gasteiger partial charge in [0.2, 0.25) is 0 Å². The molecule has 1 aromatic rings. The van der Waals surface area contributed by atoms with Crippen LogP contribution >= 0.6 is 35.6 Å². The highest BCUT2D eigenvalue weighted by molar-refractivity contribution is 6.42. The van der Waals surface area contributed by atoms with Crippen molar-refractivity contribution in [3.63, 3.8) is 0 Å². The quantitative estimate of drug-likeness (QED) is 0.823. The lowest BCUT2D eigenvalue weighted by Gasteiger charge is -2.30. The molecule has 3 nitrogen and oxygen atoms in total. The number of ether oxygens (including phenoxy) is 1. The molecule has 1 fully saturated rings. The summed E-state index contributed by atoms with van der Waals surface area (Å²) < 4.78 is 43.9. The number of aliphatic hydroxyl groups is 1. The SMILES string of the molecule is Cl.OC([C@@H]1CNCCO[C@H]1c1ccc(Cl)c(Cl)c1)C(F)(F)F. The summed E-state index contributed by atoms with van der Waals surface area (Å²) in [5.74, 6) is -1.16. The molecule has 22 heavy (non-hydrogen) atoms. The van der Waals surface area contributed by atoms with Gasteiger partial charge >= 0.3 is 6.18 Å². The summed E-state index contributed by atoms with van der Waals surface area (Å²) in [6.45, 7) is 0.649. The van der Waals surface area contributed by atoms with E-state index in [0.29, 0.717) is 17.1 Å². The van der Waals surface area contributed by atoms with Crippen molar-refractivity contribution in [2.45, 2.75) is 18.4 Å². The van der Waals surface area contributed by atoms with Gasteiger partial charge in [0.15, 0.2) is 6.10 Å². The molecule has 3 atom stereocenters. The summed E-state index contributed by atoms with van der Waals surface area (Å²) in [6.07, 6.45) is -8.11. The Bertz CT molecular complexity index is 502. The molecule has 0 radical (unpaired) electrons. The van der Waals surface area contributed by atoms with Gasteiger partial charge in [0.1, 0.15) is 0 Å². The fraction of sp³-hybridized carbons (Fsp3) is 0.538. The van der Waals surface area contributed by atoms with Crippen molar-refractivity contribution in [2.24, 2.45) is 5.92 Å². The number of alkyl halides is 3. The van der Waals surface area contributed by atoms with Crippen LogP contribution in [-0.2, 0) is 4.74 Å². The highest BCUT2D eigenvalue weighted by Crippen LogP contribution is 2.37. The maximum atomic E-state index is 12.8. The van der Waals surface area contributed by atoms with Crippen LogP contribution in [0.15, 0.2) is 18.2 Å². The van der Waals surface area contributed by atoms with Crippen molar-refractivity contribution < 1.29 is 23.0 Å². The largest absolute Gasteiger partial charge is 0.414 e. The summed E-state index contributed by atoms with van der Waals surface area (Å²) >= 11 is 11.7. The van der Waals surface area contributed by atoms with Gasteiger partial charge in [-0.15, -0.1) is 12.4 Å². The molecule has 0 aliphatic carbocycles. The van der Waals surface area contributed by atoms with E-state index in [4.69, 9.17) is 27.9 Å². The van der Waals surface area contributed by atoms with E-state index in [-0.39, 0.29) is 30.6 Å². The van der Waals surface area contributed by atoms with Crippen LogP contribution in [0.5, 0.6) is 0 Å². The predicted molar refractivity (Wildman–Crippen MR) is 80.8 cm³/mol. The van der Waals surface area contributed by atoms with Crippen LogP contribution in [0.25, 0.3) is 0 Å². The van der Waals surface area contributed by atoms with Gasteiger partial charge in [0.25, 0.3) is 0 Å². The fourth-order valence-electron chi connectivity index (χ4n) is 2.31. The summed E-state index contributed by atoms with van der Waals surface area (Å²) in [5.41, 5.74) is 0.460. The number of hydrogen-bond acceptors (Lipinski definition) is 3. The van der Waals surface area contributed by atoms with Crippen molar-refractivity contribution in [3.05, 3.63) is 33.8 Å². The molecular weight excluding hydrogens is 366 g/mol. The molecule has 0 spiro atoms. The van der Waals surface area contributed by atoms with E-state index in [1.807, 2.05) is 0 Å². The topological polar surface area (TPSA) is 41.5 Å². The molecule has 2 N–H and O–H groups in total. The molecule has 1 heterocycles. The third-order valence-corrected chi connectivity index (χ3v) is 4.10. The second-order valence-corrected chi connectivity index (χ2v) is 5.63. The van der Waals surface area contributed by atoms with Crippen LogP contribution in [0, 0.1) is 5.92 Å². The monoisotopic (exact) mass is 379 g/mol. The normalized spacial score (nSPS) is 24.3. The Balaban J connectivity index is 0.00000242. The number of benzene rings is 1. The Labute approximate surface area is 142 Å². The Morgan fingerprint density at radius 3 is 2.55 bits per heavy atom. The Kier molecular flexibility index (Phi) is 7.23. The van der Waals surface area contributed by atoms with Crippen molar-refractivity contribution in [3.8, 4) is 0 Å². The zero-order valence-corrected chi connectivity index (χ0v) is 13.6. The predicted octanol–water partition coefficient (Wildman–Crippen LogP) is 3.62. The molecular formula is C13H15Cl3F3NO2. The van der Waals surface area contributed by atoms with Gasteiger partial charge in [0, 0.05) is 19.0 Å². The molecule has 0 aromatic heterocycles. The van der Waals surface area contributed by atoms with Gasteiger partial charge < -0.3 is 15.2 Å². The van der Waals surface area contributed by atoms with Gasteiger partial charge in [-0.3, -0.25) is 0 Å². The van der Waals surface area contributed by atoms with Gasteiger partial charge in [-0.1, -0.05) is 29.3 Å². The molecule has 1 aliphatic heterocycles. The molecule has 1 aliphatic rings. The van der Waals surface area contributed by atoms with Crippen LogP contribution in [-0.4, -0.2) is 37.1 Å². The summed E-state index contributed by atoms with van der Waals surface area (Å²) in [6, 6.07) is 4.52. The molecule has 9 heteroatoms. The number of aliphatic hydroxyl groups excluding tert-OH is 1. The molecule has 0 amide bonds. The van der Waals surface area contributed by atoms with Crippen molar-refractivity contribution in [1.82, 2.24) is 5.32 Å². The minimum atomic E-state index is -4.71. The Morgan fingerprint density at radius 2 is 1.95 bits per heavy atom. The van der Waals surface area contributed by atoms with E-state index in [0.717, 1.165) is 0 Å². The average molecular weight is 381 g/mol. The Hall–Kier alpha value is -0.240. The van der Waals surface area contributed by atoms with E-state index in [2.05, 4.69) is 5.32 Å². The lowest BCUT2D eigenvalue weighted by atomic mass is 9.90. The van der Waals surface area contributed by atoms with Crippen LogP contribution < -0.4 is 5.32 Å². The Morgan fingerprint density at radius 1 is 1.27 bits per heavy atom. The lowest BCUT2D eigenvalue weighted by molar-refractivity contribution is -0.229. The van der Waals surface area contributed by atoms with Gasteiger partial charge in [0.05, 0.1) is 22.8 Å². The zero-order valence-electron chi connectivity index (χ0n) is 11.2. The lowest BCUT2D eigenvalue weighted by Crippen LogP contribution is -2.43. The highest BCUT2D eigenvalue weighted by atomic mass is 35.5. The number of nitrogens with one attached hydrogen (secondary N) is 1. The minimum absolute atomic E-state index is 0. The van der Waals surface area contributed by atoms with Crippen LogP contribution in [0.4, 0.5) is 13.2 Å². The molecule has 1 saturated heterocycles. The number of rotatable bonds is 2. The maximum absolute atomic E-state index is 12.8. The zero-order chi connectivity index (χ0) is 15.6. The van der Waals surface area contributed by atoms with Gasteiger partial charge in [-0.2, -0.15) is 13.2 Å². The van der Waals surface area contributed by atoms with E-state index >= 15 is 0 Å². The van der Waals surface area contributed by atoms with Crippen LogP contribution in [0.1, 0.15) is 11.7 Å². The summed E-state index contributed by atoms with van der Waals surface area (Å²) in [5, 5.41) is 13.0. The first-order chi connectivity index (χ1) is 9.80. The highest BCUT2D eigenvalue weighted by Gasteiger charge is 2.47.